The lowest BCUT2D eigenvalue weighted by molar-refractivity contribution is -0.116. The Morgan fingerprint density at radius 1 is 1.30 bits per heavy atom. The fourth-order valence-corrected chi connectivity index (χ4v) is 2.41. The Labute approximate surface area is 119 Å². The zero-order valence-electron chi connectivity index (χ0n) is 11.5. The van der Waals surface area contributed by atoms with Gasteiger partial charge >= 0.3 is 0 Å². The first-order chi connectivity index (χ1) is 9.45. The minimum absolute atomic E-state index is 0.186. The van der Waals surface area contributed by atoms with E-state index in [1.807, 2.05) is 0 Å². The number of hydrogen-bond donors (Lipinski definition) is 2. The van der Waals surface area contributed by atoms with E-state index < -0.39 is 0 Å². The molecule has 2 aromatic rings. The first-order valence-electron chi connectivity index (χ1n) is 6.12. The average Bonchev–Trinajstić information content (AvgIpc) is 2.73. The second kappa shape index (κ2) is 5.91. The fraction of sp³-hybridized carbons (Fsp3) is 0.417. The van der Waals surface area contributed by atoms with Crippen LogP contribution in [0.3, 0.4) is 0 Å². The number of aromatic nitrogens is 4. The van der Waals surface area contributed by atoms with Crippen molar-refractivity contribution >= 4 is 22.6 Å². The molecule has 0 unspecified atom stereocenters. The van der Waals surface area contributed by atoms with Gasteiger partial charge < -0.3 is 10.3 Å². The van der Waals surface area contributed by atoms with Gasteiger partial charge in [-0.15, -0.1) is 0 Å². The highest BCUT2D eigenvalue weighted by atomic mass is 32.1. The van der Waals surface area contributed by atoms with Crippen LogP contribution in [0.1, 0.15) is 29.3 Å². The van der Waals surface area contributed by atoms with Crippen molar-refractivity contribution in [3.63, 3.8) is 0 Å². The van der Waals surface area contributed by atoms with Gasteiger partial charge in [0.25, 0.3) is 5.56 Å². The van der Waals surface area contributed by atoms with Crippen LogP contribution in [-0.4, -0.2) is 25.2 Å². The third kappa shape index (κ3) is 3.47. The van der Waals surface area contributed by atoms with E-state index in [1.165, 1.54) is 0 Å². The molecular weight excluding hydrogens is 278 g/mol. The molecule has 2 heterocycles. The summed E-state index contributed by atoms with van der Waals surface area (Å²) in [6, 6.07) is 0. The monoisotopic (exact) mass is 293 g/mol. The smallest absolute Gasteiger partial charge is 0.254 e. The standard InChI is InChI=1S/C12H15N5O2S/c1-6-9(11(19)14-7(2)13-6)4-5-10(18)16-12-15-8(3)17-20-12/h4-5H2,1-3H3,(H,13,14,19)(H,15,16,17,18). The molecule has 0 saturated carbocycles. The number of amides is 1. The largest absolute Gasteiger partial charge is 0.311 e. The summed E-state index contributed by atoms with van der Waals surface area (Å²) in [4.78, 5) is 34.4. The first kappa shape index (κ1) is 14.3. The van der Waals surface area contributed by atoms with Crippen molar-refractivity contribution in [3.8, 4) is 0 Å². The van der Waals surface area contributed by atoms with Crippen LogP contribution in [-0.2, 0) is 11.2 Å². The molecule has 7 nitrogen and oxygen atoms in total. The van der Waals surface area contributed by atoms with Gasteiger partial charge in [0.15, 0.2) is 0 Å². The molecule has 2 N–H and O–H groups in total. The number of anilines is 1. The lowest BCUT2D eigenvalue weighted by Gasteiger charge is -2.05. The average molecular weight is 293 g/mol. The van der Waals surface area contributed by atoms with E-state index in [1.54, 1.807) is 20.8 Å². The summed E-state index contributed by atoms with van der Waals surface area (Å²) in [6.45, 7) is 5.25. The van der Waals surface area contributed by atoms with Gasteiger partial charge in [-0.25, -0.2) is 9.97 Å². The normalized spacial score (nSPS) is 10.6. The Hall–Kier alpha value is -2.09. The van der Waals surface area contributed by atoms with E-state index in [-0.39, 0.29) is 17.9 Å². The Bertz CT molecular complexity index is 691. The summed E-state index contributed by atoms with van der Waals surface area (Å²) in [6.07, 6.45) is 0.547. The van der Waals surface area contributed by atoms with Crippen LogP contribution in [0, 0.1) is 20.8 Å². The lowest BCUT2D eigenvalue weighted by Crippen LogP contribution is -2.20. The second-order valence-electron chi connectivity index (χ2n) is 4.41. The van der Waals surface area contributed by atoms with Crippen LogP contribution in [0.15, 0.2) is 4.79 Å². The number of aryl methyl sites for hydroxylation is 3. The van der Waals surface area contributed by atoms with Gasteiger partial charge in [0.2, 0.25) is 11.0 Å². The first-order valence-corrected chi connectivity index (χ1v) is 6.89. The number of aromatic amines is 1. The van der Waals surface area contributed by atoms with Crippen LogP contribution < -0.4 is 10.9 Å². The third-order valence-corrected chi connectivity index (χ3v) is 3.44. The second-order valence-corrected chi connectivity index (χ2v) is 5.16. The predicted molar refractivity (Wildman–Crippen MR) is 75.9 cm³/mol. The summed E-state index contributed by atoms with van der Waals surface area (Å²) >= 11 is 1.13. The molecule has 0 radical (unpaired) electrons. The van der Waals surface area contributed by atoms with Gasteiger partial charge in [-0.1, -0.05) is 0 Å². The van der Waals surface area contributed by atoms with Gasteiger partial charge in [0.05, 0.1) is 0 Å². The van der Waals surface area contributed by atoms with E-state index in [9.17, 15) is 9.59 Å². The highest BCUT2D eigenvalue weighted by molar-refractivity contribution is 7.09. The van der Waals surface area contributed by atoms with E-state index in [0.29, 0.717) is 34.5 Å². The van der Waals surface area contributed by atoms with Crippen molar-refractivity contribution in [2.45, 2.75) is 33.6 Å². The zero-order valence-corrected chi connectivity index (χ0v) is 12.3. The lowest BCUT2D eigenvalue weighted by atomic mass is 10.1. The van der Waals surface area contributed by atoms with Gasteiger partial charge in [-0.3, -0.25) is 9.59 Å². The maximum Gasteiger partial charge on any atom is 0.254 e. The zero-order chi connectivity index (χ0) is 14.7. The number of carbonyl (C=O) groups excluding carboxylic acids is 1. The summed E-state index contributed by atoms with van der Waals surface area (Å²) in [5.74, 6) is 1.01. The van der Waals surface area contributed by atoms with E-state index >= 15 is 0 Å². The Kier molecular flexibility index (Phi) is 4.23. The maximum atomic E-state index is 11.8. The summed E-state index contributed by atoms with van der Waals surface area (Å²) in [5.41, 5.74) is 1.01. The van der Waals surface area contributed by atoms with Crippen molar-refractivity contribution < 1.29 is 4.79 Å². The molecule has 0 aliphatic heterocycles. The van der Waals surface area contributed by atoms with Crippen molar-refractivity contribution in [1.82, 2.24) is 19.3 Å². The molecule has 0 aromatic carbocycles. The summed E-state index contributed by atoms with van der Waals surface area (Å²) in [7, 11) is 0. The van der Waals surface area contributed by atoms with Crippen molar-refractivity contribution in [2.24, 2.45) is 0 Å². The summed E-state index contributed by atoms with van der Waals surface area (Å²) in [5, 5.41) is 3.13. The predicted octanol–water partition coefficient (Wildman–Crippen LogP) is 1.12. The molecule has 0 aliphatic carbocycles. The minimum Gasteiger partial charge on any atom is -0.311 e. The maximum absolute atomic E-state index is 11.8. The van der Waals surface area contributed by atoms with Gasteiger partial charge in [0, 0.05) is 29.2 Å². The topological polar surface area (TPSA) is 101 Å². The quantitative estimate of drug-likeness (QED) is 0.879. The number of H-pyrrole nitrogens is 1. The number of nitrogens with one attached hydrogen (secondary N) is 2. The highest BCUT2D eigenvalue weighted by Gasteiger charge is 2.11. The third-order valence-electron chi connectivity index (χ3n) is 2.72. The van der Waals surface area contributed by atoms with Crippen molar-refractivity contribution in [1.29, 1.82) is 0 Å². The number of nitrogens with zero attached hydrogens (tertiary/aromatic N) is 3. The van der Waals surface area contributed by atoms with Crippen LogP contribution in [0.25, 0.3) is 0 Å². The van der Waals surface area contributed by atoms with Crippen molar-refractivity contribution in [3.05, 3.63) is 33.3 Å². The molecule has 20 heavy (non-hydrogen) atoms. The minimum atomic E-state index is -0.194. The van der Waals surface area contributed by atoms with E-state index in [4.69, 9.17) is 0 Å². The number of hydrogen-bond acceptors (Lipinski definition) is 6. The molecule has 8 heteroatoms. The molecule has 0 atom stereocenters. The highest BCUT2D eigenvalue weighted by Crippen LogP contribution is 2.11. The Morgan fingerprint density at radius 3 is 2.65 bits per heavy atom. The molecule has 106 valence electrons. The number of rotatable bonds is 4. The molecule has 0 saturated heterocycles. The van der Waals surface area contributed by atoms with Gasteiger partial charge in [-0.2, -0.15) is 4.37 Å². The Morgan fingerprint density at radius 2 is 2.05 bits per heavy atom. The molecule has 0 spiro atoms. The van der Waals surface area contributed by atoms with Crippen LogP contribution >= 0.6 is 11.5 Å². The molecular formula is C12H15N5O2S. The molecule has 0 aliphatic rings. The van der Waals surface area contributed by atoms with Crippen LogP contribution in [0.2, 0.25) is 0 Å². The SMILES string of the molecule is Cc1nsc(NC(=O)CCc2c(C)nc(C)[nH]c2=O)n1. The van der Waals surface area contributed by atoms with E-state index in [0.717, 1.165) is 11.5 Å². The Balaban J connectivity index is 1.99. The fourth-order valence-electron chi connectivity index (χ4n) is 1.81. The number of carbonyl (C=O) groups is 1. The van der Waals surface area contributed by atoms with Crippen LogP contribution in [0.4, 0.5) is 5.13 Å². The molecule has 2 aromatic heterocycles. The van der Waals surface area contributed by atoms with Crippen molar-refractivity contribution in [2.75, 3.05) is 5.32 Å². The molecule has 1 amide bonds. The molecule has 0 fully saturated rings. The van der Waals surface area contributed by atoms with Gasteiger partial charge in [-0.05, 0) is 27.2 Å². The van der Waals surface area contributed by atoms with E-state index in [2.05, 4.69) is 24.6 Å². The molecule has 0 bridgehead atoms. The summed E-state index contributed by atoms with van der Waals surface area (Å²) < 4.78 is 3.98. The van der Waals surface area contributed by atoms with Gasteiger partial charge in [0.1, 0.15) is 11.6 Å². The van der Waals surface area contributed by atoms with Crippen LogP contribution in [0.5, 0.6) is 0 Å². The molecule has 2 rings (SSSR count).